The first kappa shape index (κ1) is 16.2. The molecule has 0 unspecified atom stereocenters. The predicted octanol–water partition coefficient (Wildman–Crippen LogP) is 1.93. The quantitative estimate of drug-likeness (QED) is 0.639. The molecule has 0 atom stereocenters. The first-order valence-electron chi connectivity index (χ1n) is 1.91. The van der Waals surface area contributed by atoms with Gasteiger partial charge >= 0.3 is 0 Å². The first-order valence-corrected chi connectivity index (χ1v) is 1.91. The van der Waals surface area contributed by atoms with Crippen LogP contribution in [0.2, 0.25) is 0 Å². The van der Waals surface area contributed by atoms with Crippen LogP contribution in [-0.2, 0) is 39.6 Å². The van der Waals surface area contributed by atoms with Gasteiger partial charge in [0, 0.05) is 39.6 Å². The minimum absolute atomic E-state index is 0. The van der Waals surface area contributed by atoms with Crippen molar-refractivity contribution in [1.82, 2.24) is 0 Å². The molecule has 1 rings (SSSR count). The zero-order valence-corrected chi connectivity index (χ0v) is 9.57. The van der Waals surface area contributed by atoms with Crippen LogP contribution in [0, 0.1) is 13.5 Å². The summed E-state index contributed by atoms with van der Waals surface area (Å²) in [5, 5.41) is 0. The second-order valence-corrected chi connectivity index (χ2v) is 1.08. The van der Waals surface area contributed by atoms with Gasteiger partial charge in [0.25, 0.3) is 0 Å². The molecule has 0 amide bonds. The monoisotopic (exact) mass is 327 g/mol. The average Bonchev–Trinajstić information content (AvgIpc) is 1.72. The normalized spacial score (nSPS) is 5.33. The van der Waals surface area contributed by atoms with Crippen LogP contribution in [0.4, 0.5) is 0 Å². The fourth-order valence-electron chi connectivity index (χ4n) is 0.342. The minimum Gasteiger partial charge on any atom is -0.358 e. The molecule has 0 aliphatic heterocycles. The Balaban J connectivity index is -0.000000120. The van der Waals surface area contributed by atoms with Gasteiger partial charge in [0.1, 0.15) is 0 Å². The Morgan fingerprint density at radius 2 is 1.33 bits per heavy atom. The molecule has 0 spiro atoms. The number of benzene rings is 1. The molecule has 1 aromatic rings. The molecule has 0 saturated carbocycles. The molecule has 0 fully saturated rings. The third kappa shape index (κ3) is 8.49. The van der Waals surface area contributed by atoms with Gasteiger partial charge in [0.15, 0.2) is 0 Å². The Morgan fingerprint density at radius 1 is 0.889 bits per heavy atom. The van der Waals surface area contributed by atoms with E-state index in [0.717, 1.165) is 0 Å². The van der Waals surface area contributed by atoms with Gasteiger partial charge in [-0.1, -0.05) is 0 Å². The van der Waals surface area contributed by atoms with Crippen LogP contribution in [0.3, 0.4) is 0 Å². The second-order valence-electron chi connectivity index (χ2n) is 1.08. The molecule has 9 heavy (non-hydrogen) atoms. The molecule has 49 valence electrons. The van der Waals surface area contributed by atoms with Crippen molar-refractivity contribution in [3.8, 4) is 0 Å². The zero-order valence-electron chi connectivity index (χ0n) is 5.24. The van der Waals surface area contributed by atoms with Gasteiger partial charge in [-0.05, 0) is 0 Å². The summed E-state index contributed by atoms with van der Waals surface area (Å²) in [5.41, 5.74) is 0. The van der Waals surface area contributed by atoms with E-state index in [2.05, 4.69) is 6.07 Å². The maximum atomic E-state index is 2.89. The van der Waals surface area contributed by atoms with Crippen LogP contribution in [0.1, 0.15) is 0 Å². The van der Waals surface area contributed by atoms with Crippen molar-refractivity contribution in [2.24, 2.45) is 0 Å². The molecule has 0 N–H and O–H groups in total. The van der Waals surface area contributed by atoms with E-state index in [1.54, 1.807) is 0 Å². The van der Waals surface area contributed by atoms with E-state index in [0.29, 0.717) is 0 Å². The van der Waals surface area contributed by atoms with Crippen molar-refractivity contribution in [1.29, 1.82) is 0 Å². The largest absolute Gasteiger partial charge is 0.358 e. The van der Waals surface area contributed by atoms with Crippen molar-refractivity contribution < 1.29 is 39.6 Å². The van der Waals surface area contributed by atoms with E-state index in [-0.39, 0.29) is 47.0 Å². The third-order valence-corrected chi connectivity index (χ3v) is 0.607. The summed E-state index contributed by atoms with van der Waals surface area (Å²) >= 11 is 0. The molecule has 0 aliphatic carbocycles. The summed E-state index contributed by atoms with van der Waals surface area (Å²) in [6.45, 7) is 0. The van der Waals surface area contributed by atoms with Crippen LogP contribution in [-0.4, -0.2) is 0 Å². The molecule has 0 aliphatic rings. The van der Waals surface area contributed by atoms with Crippen LogP contribution in [0.15, 0.2) is 30.3 Å². The Kier molecular flexibility index (Phi) is 20.4. The molecule has 0 heterocycles. The summed E-state index contributed by atoms with van der Waals surface area (Å²) in [7, 11) is 0. The molecular weight excluding hydrogens is 319 g/mol. The van der Waals surface area contributed by atoms with E-state index < -0.39 is 0 Å². The van der Waals surface area contributed by atoms with Crippen LogP contribution in [0.5, 0.6) is 0 Å². The van der Waals surface area contributed by atoms with E-state index in [9.17, 15) is 0 Å². The molecule has 0 bridgehead atoms. The van der Waals surface area contributed by atoms with Gasteiger partial charge in [-0.3, -0.25) is 0 Å². The Bertz CT molecular complexity index is 80.8. The van der Waals surface area contributed by atoms with Gasteiger partial charge in [0.2, 0.25) is 0 Å². The van der Waals surface area contributed by atoms with Crippen molar-refractivity contribution in [2.75, 3.05) is 0 Å². The number of rotatable bonds is 0. The van der Waals surface area contributed by atoms with Gasteiger partial charge in [-0.15, -0.1) is 0 Å². The molecule has 0 aromatic heterocycles. The maximum Gasteiger partial charge on any atom is 0 e. The van der Waals surface area contributed by atoms with Crippen LogP contribution in [0.25, 0.3) is 0 Å². The topological polar surface area (TPSA) is 0 Å². The predicted molar refractivity (Wildman–Crippen MR) is 31.7 cm³/mol. The smallest absolute Gasteiger partial charge is 0 e. The number of hydrogen-bond donors (Lipinski definition) is 0. The number of hydrogen-bond acceptors (Lipinski definition) is 0. The van der Waals surface area contributed by atoms with Gasteiger partial charge in [-0.25, -0.2) is 0 Å². The Labute approximate surface area is 83.2 Å². The van der Waals surface area contributed by atoms with Crippen LogP contribution < -0.4 is 0 Å². The molecule has 1 radical (unpaired) electrons. The Morgan fingerprint density at radius 3 is 1.44 bits per heavy atom. The van der Waals surface area contributed by atoms with Crippen molar-refractivity contribution in [3.63, 3.8) is 0 Å². The fourth-order valence-corrected chi connectivity index (χ4v) is 0.342. The van der Waals surface area contributed by atoms with Crippen LogP contribution >= 0.6 is 0 Å². The molecule has 0 saturated heterocycles. The third-order valence-electron chi connectivity index (χ3n) is 0.607. The summed E-state index contributed by atoms with van der Waals surface area (Å²) in [5.74, 6) is 0. The maximum absolute atomic E-state index is 2.89. The van der Waals surface area contributed by atoms with Crippen molar-refractivity contribution in [3.05, 3.63) is 43.8 Å². The summed E-state index contributed by atoms with van der Waals surface area (Å²) in [6.07, 6.45) is 0. The SMILES string of the molecule is [CH3-].[V].[W].[c-]1ccccc1. The van der Waals surface area contributed by atoms with Crippen molar-refractivity contribution >= 4 is 0 Å². The average molecular weight is 327 g/mol. The summed E-state index contributed by atoms with van der Waals surface area (Å²) in [4.78, 5) is 0. The minimum atomic E-state index is 0. The van der Waals surface area contributed by atoms with E-state index in [1.165, 1.54) is 0 Å². The summed E-state index contributed by atoms with van der Waals surface area (Å²) in [6, 6.07) is 12.5. The van der Waals surface area contributed by atoms with E-state index in [1.807, 2.05) is 30.3 Å². The van der Waals surface area contributed by atoms with E-state index >= 15 is 0 Å². The fraction of sp³-hybridized carbons (Fsp3) is 0. The van der Waals surface area contributed by atoms with Crippen molar-refractivity contribution in [2.45, 2.75) is 0 Å². The zero-order chi connectivity index (χ0) is 4.24. The van der Waals surface area contributed by atoms with Gasteiger partial charge in [0.05, 0.1) is 0 Å². The molecule has 0 nitrogen and oxygen atoms in total. The first-order chi connectivity index (χ1) is 3.00. The molecular formula is C7H8VW-2. The summed E-state index contributed by atoms with van der Waals surface area (Å²) < 4.78 is 0. The van der Waals surface area contributed by atoms with E-state index in [4.69, 9.17) is 0 Å². The standard InChI is InChI=1S/C6H5.CH3.V.W/c1-2-4-6-5-3-1;;;/h1-5H;1H3;;/q2*-1;;. The van der Waals surface area contributed by atoms with Gasteiger partial charge in [-0.2, -0.15) is 36.4 Å². The Hall–Kier alpha value is 0.493. The van der Waals surface area contributed by atoms with Gasteiger partial charge < -0.3 is 7.43 Å². The molecule has 1 aromatic carbocycles. The second kappa shape index (κ2) is 11.3. The molecule has 2 heteroatoms.